The van der Waals surface area contributed by atoms with Crippen molar-refractivity contribution < 1.29 is 31.3 Å². The van der Waals surface area contributed by atoms with Gasteiger partial charge in [-0.1, -0.05) is 45.0 Å². The largest absolute Gasteiger partial charge is 0.426 e. The van der Waals surface area contributed by atoms with Gasteiger partial charge in [-0.05, 0) is 61.4 Å². The molecule has 3 aromatic rings. The molecule has 39 heavy (non-hydrogen) atoms. The number of anilines is 2. The number of halogens is 4. The predicted molar refractivity (Wildman–Crippen MR) is 150 cm³/mol. The first kappa shape index (κ1) is 33.5. The van der Waals surface area contributed by atoms with Crippen LogP contribution in [-0.4, -0.2) is 24.5 Å². The monoisotopic (exact) mass is 566 g/mol. The Hall–Kier alpha value is -3.53. The third kappa shape index (κ3) is 11.0. The summed E-state index contributed by atoms with van der Waals surface area (Å²) in [6.45, 7) is 7.70. The van der Waals surface area contributed by atoms with Crippen LogP contribution in [0.1, 0.15) is 45.7 Å². The Balaban J connectivity index is 0.00000142. The van der Waals surface area contributed by atoms with E-state index in [9.17, 15) is 27.2 Å². The molecule has 0 aliphatic heterocycles. The first-order valence-electron chi connectivity index (χ1n) is 12.3. The van der Waals surface area contributed by atoms with Crippen LogP contribution in [0.25, 0.3) is 0 Å². The second-order valence-corrected chi connectivity index (χ2v) is 9.22. The highest BCUT2D eigenvalue weighted by atomic mass is 32.2. The van der Waals surface area contributed by atoms with Crippen LogP contribution in [0.2, 0.25) is 0 Å². The number of hydrogen-bond donors (Lipinski definition) is 2. The van der Waals surface area contributed by atoms with Gasteiger partial charge >= 0.3 is 0 Å². The van der Waals surface area contributed by atoms with Crippen molar-refractivity contribution >= 4 is 35.2 Å². The third-order valence-corrected chi connectivity index (χ3v) is 5.74. The molecule has 0 unspecified atom stereocenters. The van der Waals surface area contributed by atoms with Crippen LogP contribution in [0.3, 0.4) is 0 Å². The molecule has 10 heteroatoms. The molecule has 0 aromatic heterocycles. The highest BCUT2D eigenvalue weighted by Crippen LogP contribution is 2.27. The Bertz CT molecular complexity index is 1170. The molecule has 2 amide bonds. The van der Waals surface area contributed by atoms with Crippen molar-refractivity contribution in [3.63, 3.8) is 0 Å². The lowest BCUT2D eigenvalue weighted by atomic mass is 9.83. The van der Waals surface area contributed by atoms with E-state index in [2.05, 4.69) is 10.6 Å². The van der Waals surface area contributed by atoms with E-state index in [4.69, 9.17) is 4.18 Å². The van der Waals surface area contributed by atoms with Crippen LogP contribution >= 0.6 is 12.0 Å². The third-order valence-electron chi connectivity index (χ3n) is 5.20. The van der Waals surface area contributed by atoms with Crippen molar-refractivity contribution in [1.29, 1.82) is 0 Å². The summed E-state index contributed by atoms with van der Waals surface area (Å²) in [7, 11) is 0. The molecule has 0 fully saturated rings. The fourth-order valence-corrected chi connectivity index (χ4v) is 3.51. The maximum absolute atomic E-state index is 13.4. The fourth-order valence-electron chi connectivity index (χ4n) is 3.14. The van der Waals surface area contributed by atoms with E-state index >= 15 is 0 Å². The summed E-state index contributed by atoms with van der Waals surface area (Å²) in [5.74, 6) is -0.969. The van der Waals surface area contributed by atoms with Crippen molar-refractivity contribution in [3.05, 3.63) is 89.5 Å². The Morgan fingerprint density at radius 3 is 1.95 bits per heavy atom. The molecule has 0 spiro atoms. The Labute approximate surface area is 231 Å². The van der Waals surface area contributed by atoms with Gasteiger partial charge in [0.1, 0.15) is 5.75 Å². The van der Waals surface area contributed by atoms with E-state index < -0.39 is 24.0 Å². The molecule has 212 valence electrons. The fraction of sp³-hybridized carbons (Fsp3) is 0.310. The van der Waals surface area contributed by atoms with Crippen molar-refractivity contribution in [2.24, 2.45) is 0 Å². The van der Waals surface area contributed by atoms with Crippen LogP contribution < -0.4 is 14.8 Å². The van der Waals surface area contributed by atoms with Gasteiger partial charge in [-0.25, -0.2) is 17.6 Å². The van der Waals surface area contributed by atoms with Gasteiger partial charge in [-0.15, -0.1) is 0 Å². The molecule has 3 rings (SSSR count). The molecule has 0 bridgehead atoms. The Kier molecular flexibility index (Phi) is 14.7. The van der Waals surface area contributed by atoms with Crippen LogP contribution in [0.4, 0.5) is 28.9 Å². The molecule has 2 N–H and O–H groups in total. The zero-order valence-corrected chi connectivity index (χ0v) is 23.4. The summed E-state index contributed by atoms with van der Waals surface area (Å²) in [6.07, 6.45) is 0.213. The second kappa shape index (κ2) is 17.1. The van der Waals surface area contributed by atoms with E-state index in [0.717, 1.165) is 29.2 Å². The number of nitrogens with one attached hydrogen (secondary N) is 2. The minimum absolute atomic E-state index is 0.167. The van der Waals surface area contributed by atoms with Gasteiger partial charge in [0.15, 0.2) is 11.6 Å². The molecule has 0 saturated carbocycles. The molecule has 3 aromatic carbocycles. The quantitative estimate of drug-likeness (QED) is 0.203. The maximum atomic E-state index is 13.4. The van der Waals surface area contributed by atoms with Crippen molar-refractivity contribution in [2.45, 2.75) is 46.5 Å². The molecule has 0 saturated heterocycles. The summed E-state index contributed by atoms with van der Waals surface area (Å²) in [5, 5.41) is 5.46. The SMILES string of the molecule is CC.CCSOc1ccc(CC(=O)Nc2ccc(C(C)(C)C(=O)Nc3ccc(F)c(F)c3)cc2)cc1.FCF. The molecule has 0 aliphatic carbocycles. The van der Waals surface area contributed by atoms with Gasteiger partial charge in [0.25, 0.3) is 0 Å². The normalized spacial score (nSPS) is 10.3. The molecule has 0 heterocycles. The first-order valence-corrected chi connectivity index (χ1v) is 13.2. The molecular weight excluding hydrogens is 532 g/mol. The van der Waals surface area contributed by atoms with Crippen LogP contribution in [0, 0.1) is 11.6 Å². The van der Waals surface area contributed by atoms with E-state index in [1.54, 1.807) is 38.1 Å². The van der Waals surface area contributed by atoms with Crippen molar-refractivity contribution in [2.75, 3.05) is 23.3 Å². The molecule has 0 radical (unpaired) electrons. The molecule has 0 atom stereocenters. The first-order chi connectivity index (χ1) is 18.6. The molecule has 5 nitrogen and oxygen atoms in total. The topological polar surface area (TPSA) is 67.4 Å². The van der Waals surface area contributed by atoms with Crippen LogP contribution in [-0.2, 0) is 21.4 Å². The predicted octanol–water partition coefficient (Wildman–Crippen LogP) is 8.02. The Morgan fingerprint density at radius 1 is 0.846 bits per heavy atom. The van der Waals surface area contributed by atoms with Gasteiger partial charge in [-0.2, -0.15) is 0 Å². The summed E-state index contributed by atoms with van der Waals surface area (Å²) in [5.41, 5.74) is 1.38. The zero-order chi connectivity index (χ0) is 29.4. The molecular formula is C29H34F4N2O3S. The smallest absolute Gasteiger partial charge is 0.234 e. The number of alkyl halides is 2. The van der Waals surface area contributed by atoms with Crippen molar-refractivity contribution in [1.82, 2.24) is 0 Å². The average Bonchev–Trinajstić information content (AvgIpc) is 2.92. The summed E-state index contributed by atoms with van der Waals surface area (Å²) >= 11 is 1.36. The lowest BCUT2D eigenvalue weighted by Crippen LogP contribution is -2.34. The minimum atomic E-state index is -1.75. The number of carbonyl (C=O) groups excluding carboxylic acids is 2. The van der Waals surface area contributed by atoms with Crippen molar-refractivity contribution in [3.8, 4) is 5.75 Å². The Morgan fingerprint density at radius 2 is 1.41 bits per heavy atom. The second-order valence-electron chi connectivity index (χ2n) is 8.25. The molecule has 0 aliphatic rings. The summed E-state index contributed by atoms with van der Waals surface area (Å²) in [6, 6.07) is 17.5. The number of amides is 2. The maximum Gasteiger partial charge on any atom is 0.234 e. The number of benzene rings is 3. The highest BCUT2D eigenvalue weighted by Gasteiger charge is 2.30. The van der Waals surface area contributed by atoms with Gasteiger partial charge in [0, 0.05) is 23.2 Å². The lowest BCUT2D eigenvalue weighted by molar-refractivity contribution is -0.120. The minimum Gasteiger partial charge on any atom is -0.426 e. The summed E-state index contributed by atoms with van der Waals surface area (Å²) in [4.78, 5) is 25.2. The average molecular weight is 567 g/mol. The van der Waals surface area contributed by atoms with E-state index in [1.807, 2.05) is 45.0 Å². The van der Waals surface area contributed by atoms with E-state index in [1.165, 1.54) is 18.1 Å². The number of rotatable bonds is 9. The standard InChI is InChI=1S/C26H26F2N2O3S.C2H6.CH2F2/c1-4-34-33-21-12-5-17(6-13-21)15-24(31)29-19-9-7-18(8-10-19)26(2,3)25(32)30-20-11-14-22(27)23(28)16-20;1-2;2-1-3/h5-14,16H,4,15H2,1-3H3,(H,29,31)(H,30,32);1-2H3;1H2. The van der Waals surface area contributed by atoms with Crippen LogP contribution in [0.5, 0.6) is 5.75 Å². The number of carbonyl (C=O) groups is 2. The van der Waals surface area contributed by atoms with Gasteiger partial charge in [-0.3, -0.25) is 9.59 Å². The summed E-state index contributed by atoms with van der Waals surface area (Å²) < 4.78 is 51.3. The zero-order valence-electron chi connectivity index (χ0n) is 22.6. The van der Waals surface area contributed by atoms with Gasteiger partial charge in [0.05, 0.1) is 23.9 Å². The van der Waals surface area contributed by atoms with Gasteiger partial charge in [0.2, 0.25) is 18.7 Å². The lowest BCUT2D eigenvalue weighted by Gasteiger charge is -2.24. The van der Waals surface area contributed by atoms with Gasteiger partial charge < -0.3 is 14.8 Å². The number of hydrogen-bond acceptors (Lipinski definition) is 4. The van der Waals surface area contributed by atoms with E-state index in [0.29, 0.717) is 11.3 Å². The van der Waals surface area contributed by atoms with Crippen LogP contribution in [0.15, 0.2) is 66.7 Å². The van der Waals surface area contributed by atoms with E-state index in [-0.39, 0.29) is 23.9 Å². The highest BCUT2D eigenvalue weighted by molar-refractivity contribution is 7.94.